The molecule has 0 aromatic carbocycles. The lowest BCUT2D eigenvalue weighted by Gasteiger charge is -2.07. The molecular formula is C15H16N6OS3. The van der Waals surface area contributed by atoms with Gasteiger partial charge in [-0.3, -0.25) is 14.7 Å². The number of nitrogens with zero attached hydrogens (tertiary/aromatic N) is 5. The number of hydrogen-bond donors (Lipinski definition) is 1. The standard InChI is InChI=1S/C15H16N6OS3/c1-4-5-21-13(11-6-23-10(3)9(11)2)18-20-15(21)24-7-12(22)17-14-19-16-8-25-14/h4,6,8H,1,5,7H2,2-3H3,(H,17,19,22). The maximum atomic E-state index is 12.0. The fourth-order valence-corrected chi connectivity index (χ4v) is 4.21. The molecule has 0 bridgehead atoms. The van der Waals surface area contributed by atoms with Gasteiger partial charge in [-0.15, -0.1) is 38.3 Å². The molecular weight excluding hydrogens is 376 g/mol. The van der Waals surface area contributed by atoms with E-state index in [4.69, 9.17) is 0 Å². The summed E-state index contributed by atoms with van der Waals surface area (Å²) in [5.41, 5.74) is 3.84. The molecule has 7 nitrogen and oxygen atoms in total. The lowest BCUT2D eigenvalue weighted by molar-refractivity contribution is -0.113. The maximum Gasteiger partial charge on any atom is 0.236 e. The van der Waals surface area contributed by atoms with Crippen molar-refractivity contribution in [1.29, 1.82) is 0 Å². The molecule has 0 aliphatic rings. The molecule has 0 aliphatic carbocycles. The fraction of sp³-hybridized carbons (Fsp3) is 0.267. The van der Waals surface area contributed by atoms with E-state index in [9.17, 15) is 4.79 Å². The van der Waals surface area contributed by atoms with E-state index in [1.54, 1.807) is 22.9 Å². The van der Waals surface area contributed by atoms with Crippen LogP contribution < -0.4 is 5.32 Å². The molecule has 25 heavy (non-hydrogen) atoms. The summed E-state index contributed by atoms with van der Waals surface area (Å²) in [5.74, 6) is 0.865. The van der Waals surface area contributed by atoms with Crippen LogP contribution in [0.2, 0.25) is 0 Å². The van der Waals surface area contributed by atoms with Gasteiger partial charge in [0.2, 0.25) is 11.0 Å². The van der Waals surface area contributed by atoms with Gasteiger partial charge in [0.05, 0.1) is 5.75 Å². The molecule has 0 saturated heterocycles. The van der Waals surface area contributed by atoms with Crippen molar-refractivity contribution in [3.63, 3.8) is 0 Å². The van der Waals surface area contributed by atoms with E-state index in [1.807, 2.05) is 4.57 Å². The first-order chi connectivity index (χ1) is 12.1. The lowest BCUT2D eigenvalue weighted by atomic mass is 10.1. The minimum absolute atomic E-state index is 0.154. The number of nitrogens with one attached hydrogen (secondary N) is 1. The first-order valence-electron chi connectivity index (χ1n) is 7.38. The molecule has 1 amide bonds. The Morgan fingerprint density at radius 1 is 1.36 bits per heavy atom. The Balaban J connectivity index is 1.76. The van der Waals surface area contributed by atoms with Crippen LogP contribution in [0.3, 0.4) is 0 Å². The quantitative estimate of drug-likeness (QED) is 0.490. The monoisotopic (exact) mass is 392 g/mol. The Kier molecular flexibility index (Phi) is 5.61. The Labute approximate surface area is 157 Å². The molecule has 0 saturated carbocycles. The zero-order valence-corrected chi connectivity index (χ0v) is 16.2. The number of thioether (sulfide) groups is 1. The summed E-state index contributed by atoms with van der Waals surface area (Å²) in [6.45, 7) is 8.56. The van der Waals surface area contributed by atoms with Crippen LogP contribution in [0.1, 0.15) is 10.4 Å². The number of anilines is 1. The summed E-state index contributed by atoms with van der Waals surface area (Å²) in [6.07, 6.45) is 1.80. The topological polar surface area (TPSA) is 85.6 Å². The van der Waals surface area contributed by atoms with Crippen LogP contribution in [-0.2, 0) is 11.3 Å². The lowest BCUT2D eigenvalue weighted by Crippen LogP contribution is -2.14. The molecule has 10 heteroatoms. The van der Waals surface area contributed by atoms with Crippen LogP contribution in [0.5, 0.6) is 0 Å². The van der Waals surface area contributed by atoms with Crippen LogP contribution in [0, 0.1) is 13.8 Å². The van der Waals surface area contributed by atoms with Crippen molar-refractivity contribution in [2.45, 2.75) is 25.5 Å². The first kappa shape index (κ1) is 17.8. The summed E-state index contributed by atoms with van der Waals surface area (Å²) < 4.78 is 1.98. The zero-order chi connectivity index (χ0) is 17.8. The summed E-state index contributed by atoms with van der Waals surface area (Å²) in [6, 6.07) is 0. The number of amides is 1. The molecule has 0 atom stereocenters. The van der Waals surface area contributed by atoms with E-state index in [1.165, 1.54) is 33.5 Å². The highest BCUT2D eigenvalue weighted by Crippen LogP contribution is 2.31. The minimum Gasteiger partial charge on any atom is -0.300 e. The van der Waals surface area contributed by atoms with Gasteiger partial charge in [-0.1, -0.05) is 29.2 Å². The van der Waals surface area contributed by atoms with Crippen molar-refractivity contribution in [1.82, 2.24) is 25.0 Å². The van der Waals surface area contributed by atoms with Crippen LogP contribution in [0.25, 0.3) is 11.4 Å². The van der Waals surface area contributed by atoms with Gasteiger partial charge in [-0.2, -0.15) is 0 Å². The molecule has 3 rings (SSSR count). The van der Waals surface area contributed by atoms with E-state index in [-0.39, 0.29) is 11.7 Å². The van der Waals surface area contributed by atoms with Crippen LogP contribution in [0.15, 0.2) is 28.7 Å². The van der Waals surface area contributed by atoms with Gasteiger partial charge in [0.1, 0.15) is 5.51 Å². The molecule has 3 aromatic rings. The average Bonchev–Trinajstić information content (AvgIpc) is 3.30. The molecule has 0 fully saturated rings. The van der Waals surface area contributed by atoms with Crippen molar-refractivity contribution < 1.29 is 4.79 Å². The molecule has 130 valence electrons. The van der Waals surface area contributed by atoms with Gasteiger partial charge in [0, 0.05) is 22.4 Å². The highest BCUT2D eigenvalue weighted by atomic mass is 32.2. The number of carbonyl (C=O) groups excluding carboxylic acids is 1. The summed E-state index contributed by atoms with van der Waals surface area (Å²) >= 11 is 4.31. The smallest absolute Gasteiger partial charge is 0.236 e. The number of aromatic nitrogens is 5. The van der Waals surface area contributed by atoms with Crippen molar-refractivity contribution in [2.24, 2.45) is 0 Å². The van der Waals surface area contributed by atoms with Gasteiger partial charge in [0.15, 0.2) is 11.0 Å². The van der Waals surface area contributed by atoms with E-state index in [0.29, 0.717) is 16.8 Å². The van der Waals surface area contributed by atoms with Crippen molar-refractivity contribution in [3.05, 3.63) is 34.0 Å². The Morgan fingerprint density at radius 2 is 2.20 bits per heavy atom. The van der Waals surface area contributed by atoms with E-state index < -0.39 is 0 Å². The summed E-state index contributed by atoms with van der Waals surface area (Å²) in [7, 11) is 0. The van der Waals surface area contributed by atoms with E-state index in [2.05, 4.69) is 51.5 Å². The molecule has 0 spiro atoms. The second kappa shape index (κ2) is 7.89. The highest BCUT2D eigenvalue weighted by Gasteiger charge is 2.18. The average molecular weight is 393 g/mol. The first-order valence-corrected chi connectivity index (χ1v) is 10.1. The normalized spacial score (nSPS) is 10.8. The van der Waals surface area contributed by atoms with Crippen molar-refractivity contribution in [2.75, 3.05) is 11.1 Å². The van der Waals surface area contributed by atoms with Gasteiger partial charge in [-0.25, -0.2) is 0 Å². The predicted molar refractivity (Wildman–Crippen MR) is 102 cm³/mol. The number of aryl methyl sites for hydroxylation is 1. The third kappa shape index (κ3) is 3.97. The Morgan fingerprint density at radius 3 is 2.84 bits per heavy atom. The molecule has 3 aromatic heterocycles. The van der Waals surface area contributed by atoms with E-state index in [0.717, 1.165) is 11.4 Å². The fourth-order valence-electron chi connectivity index (χ4n) is 2.14. The molecule has 1 N–H and O–H groups in total. The molecule has 3 heterocycles. The summed E-state index contributed by atoms with van der Waals surface area (Å²) in [5, 5.41) is 22.0. The Bertz CT molecular complexity index is 883. The van der Waals surface area contributed by atoms with Crippen LogP contribution in [0.4, 0.5) is 5.13 Å². The van der Waals surface area contributed by atoms with Gasteiger partial charge in [0.25, 0.3) is 0 Å². The van der Waals surface area contributed by atoms with E-state index >= 15 is 0 Å². The molecule has 0 radical (unpaired) electrons. The SMILES string of the molecule is C=CCn1c(SCC(=O)Nc2nncs2)nnc1-c1csc(C)c1C. The number of rotatable bonds is 7. The minimum atomic E-state index is -0.154. The zero-order valence-electron chi connectivity index (χ0n) is 13.7. The second-order valence-electron chi connectivity index (χ2n) is 5.12. The van der Waals surface area contributed by atoms with Gasteiger partial charge in [-0.05, 0) is 19.4 Å². The second-order valence-corrected chi connectivity index (χ2v) is 7.98. The van der Waals surface area contributed by atoms with Crippen molar-refractivity contribution in [3.8, 4) is 11.4 Å². The molecule has 0 aliphatic heterocycles. The van der Waals surface area contributed by atoms with Gasteiger partial charge < -0.3 is 0 Å². The molecule has 0 unspecified atom stereocenters. The maximum absolute atomic E-state index is 12.0. The third-order valence-corrected chi connectivity index (χ3v) is 6.08. The van der Waals surface area contributed by atoms with Crippen molar-refractivity contribution >= 4 is 45.5 Å². The third-order valence-electron chi connectivity index (χ3n) is 3.49. The number of hydrogen-bond acceptors (Lipinski definition) is 8. The van der Waals surface area contributed by atoms with Crippen LogP contribution >= 0.6 is 34.4 Å². The van der Waals surface area contributed by atoms with Crippen LogP contribution in [-0.4, -0.2) is 36.6 Å². The Hall–Kier alpha value is -2.04. The van der Waals surface area contributed by atoms with Gasteiger partial charge >= 0.3 is 0 Å². The summed E-state index contributed by atoms with van der Waals surface area (Å²) in [4.78, 5) is 13.3. The largest absolute Gasteiger partial charge is 0.300 e. The highest BCUT2D eigenvalue weighted by molar-refractivity contribution is 7.99. The number of thiophene rings is 1. The predicted octanol–water partition coefficient (Wildman–Crippen LogP) is 3.39. The number of carbonyl (C=O) groups is 1. The number of allylic oxidation sites excluding steroid dienone is 1.